The zero-order valence-electron chi connectivity index (χ0n) is 9.56. The minimum Gasteiger partial charge on any atom is -0.324 e. The van der Waals surface area contributed by atoms with Crippen LogP contribution in [0.15, 0.2) is 30.3 Å². The Hall–Kier alpha value is -0.260. The molecule has 9 heteroatoms. The molecule has 0 saturated carbocycles. The summed E-state index contributed by atoms with van der Waals surface area (Å²) in [5.41, 5.74) is -0.0547. The van der Waals surface area contributed by atoms with E-state index in [1.54, 1.807) is 6.07 Å². The highest BCUT2D eigenvalue weighted by atomic mass is 35.5. The van der Waals surface area contributed by atoms with Crippen molar-refractivity contribution in [3.05, 3.63) is 35.9 Å². The number of hydrogen-bond donors (Lipinski definition) is 1. The van der Waals surface area contributed by atoms with Crippen LogP contribution in [0.25, 0.3) is 0 Å². The van der Waals surface area contributed by atoms with Crippen molar-refractivity contribution in [3.8, 4) is 0 Å². The van der Waals surface area contributed by atoms with Gasteiger partial charge in [0.05, 0.1) is 0 Å². The van der Waals surface area contributed by atoms with E-state index < -0.39 is 24.2 Å². The largest absolute Gasteiger partial charge is 0.424 e. The van der Waals surface area contributed by atoms with E-state index in [-0.39, 0.29) is 5.56 Å². The zero-order valence-corrected chi connectivity index (χ0v) is 12.0. The third-order valence-corrected chi connectivity index (χ3v) is 3.54. The lowest BCUT2D eigenvalue weighted by Gasteiger charge is -2.32. The smallest absolute Gasteiger partial charge is 0.324 e. The van der Waals surface area contributed by atoms with Crippen molar-refractivity contribution in [1.82, 2.24) is 0 Å². The Kier molecular flexibility index (Phi) is 4.97. The van der Waals surface area contributed by atoms with Crippen molar-refractivity contribution in [2.24, 2.45) is 0 Å². The Balaban J connectivity index is 3.25. The molecule has 0 amide bonds. The van der Waals surface area contributed by atoms with Crippen LogP contribution >= 0.6 is 30.8 Å². The Morgan fingerprint density at radius 3 is 2.11 bits per heavy atom. The molecule has 0 saturated heterocycles. The molecule has 19 heavy (non-hydrogen) atoms. The fourth-order valence-corrected chi connectivity index (χ4v) is 2.44. The van der Waals surface area contributed by atoms with Crippen molar-refractivity contribution in [3.63, 3.8) is 0 Å². The van der Waals surface area contributed by atoms with Crippen LogP contribution in [0.1, 0.15) is 11.7 Å². The summed E-state index contributed by atoms with van der Waals surface area (Å²) in [6.45, 7) is 0.753. The predicted molar refractivity (Wildman–Crippen MR) is 66.5 cm³/mol. The molecule has 108 valence electrons. The van der Waals surface area contributed by atoms with Crippen LogP contribution in [-0.2, 0) is 9.09 Å². The van der Waals surface area contributed by atoms with Gasteiger partial charge in [-0.1, -0.05) is 53.5 Å². The molecule has 0 aliphatic heterocycles. The average Bonchev–Trinajstić information content (AvgIpc) is 2.24. The Morgan fingerprint density at radius 1 is 1.26 bits per heavy atom. The molecular formula is C10H10Cl2F3O3P. The van der Waals surface area contributed by atoms with Gasteiger partial charge in [0.1, 0.15) is 6.10 Å². The van der Waals surface area contributed by atoms with E-state index in [2.05, 4.69) is 4.52 Å². The molecule has 1 unspecified atom stereocenters. The van der Waals surface area contributed by atoms with Crippen LogP contribution in [0.4, 0.5) is 13.2 Å². The molecule has 0 spiro atoms. The van der Waals surface area contributed by atoms with Gasteiger partial charge in [-0.05, 0) is 5.56 Å². The van der Waals surface area contributed by atoms with Gasteiger partial charge in [-0.25, -0.2) is 0 Å². The SMILES string of the molecule is CP(=O)(O)O[C@H](c1ccccc1)C(Cl)(Cl)C(F)(F)F. The summed E-state index contributed by atoms with van der Waals surface area (Å²) in [7, 11) is -4.22. The second-order valence-electron chi connectivity index (χ2n) is 3.82. The lowest BCUT2D eigenvalue weighted by molar-refractivity contribution is -0.160. The zero-order chi connectivity index (χ0) is 14.9. The normalized spacial score (nSPS) is 17.8. The quantitative estimate of drug-likeness (QED) is 0.658. The van der Waals surface area contributed by atoms with E-state index >= 15 is 0 Å². The fraction of sp³-hybridized carbons (Fsp3) is 0.400. The van der Waals surface area contributed by atoms with Crippen LogP contribution in [0.2, 0.25) is 0 Å². The molecule has 0 heterocycles. The summed E-state index contributed by atoms with van der Waals surface area (Å²) in [5, 5.41) is 0. The summed E-state index contributed by atoms with van der Waals surface area (Å²) < 4.78 is 50.9. The van der Waals surface area contributed by atoms with E-state index in [1.165, 1.54) is 24.3 Å². The van der Waals surface area contributed by atoms with Crippen molar-refractivity contribution < 1.29 is 27.2 Å². The van der Waals surface area contributed by atoms with Gasteiger partial charge in [-0.2, -0.15) is 13.2 Å². The maximum absolute atomic E-state index is 12.8. The highest BCUT2D eigenvalue weighted by molar-refractivity contribution is 7.51. The van der Waals surface area contributed by atoms with E-state index in [4.69, 9.17) is 28.1 Å². The molecule has 3 nitrogen and oxygen atoms in total. The van der Waals surface area contributed by atoms with E-state index in [9.17, 15) is 17.7 Å². The lowest BCUT2D eigenvalue weighted by Crippen LogP contribution is -2.40. The van der Waals surface area contributed by atoms with Crippen LogP contribution in [0.5, 0.6) is 0 Å². The molecule has 0 aliphatic carbocycles. The Morgan fingerprint density at radius 2 is 1.74 bits per heavy atom. The maximum Gasteiger partial charge on any atom is 0.424 e. The van der Waals surface area contributed by atoms with E-state index in [0.717, 1.165) is 6.66 Å². The predicted octanol–water partition coefficient (Wildman–Crippen LogP) is 4.30. The lowest BCUT2D eigenvalue weighted by atomic mass is 10.1. The molecular weight excluding hydrogens is 327 g/mol. The molecule has 1 N–H and O–H groups in total. The Labute approximate surface area is 117 Å². The summed E-state index contributed by atoms with van der Waals surface area (Å²) >= 11 is 10.6. The van der Waals surface area contributed by atoms with E-state index in [0.29, 0.717) is 0 Å². The molecule has 1 aromatic carbocycles. The van der Waals surface area contributed by atoms with Gasteiger partial charge in [-0.3, -0.25) is 9.09 Å². The third-order valence-electron chi connectivity index (χ3n) is 2.11. The second-order valence-corrected chi connectivity index (χ2v) is 7.02. The number of alkyl halides is 5. The number of halogens is 5. The first-order valence-corrected chi connectivity index (χ1v) is 7.71. The van der Waals surface area contributed by atoms with Crippen molar-refractivity contribution in [1.29, 1.82) is 0 Å². The number of benzene rings is 1. The minimum absolute atomic E-state index is 0.0547. The van der Waals surface area contributed by atoms with Gasteiger partial charge in [0.25, 0.3) is 0 Å². The molecule has 0 bridgehead atoms. The van der Waals surface area contributed by atoms with Gasteiger partial charge in [0, 0.05) is 6.66 Å². The van der Waals surface area contributed by atoms with Gasteiger partial charge in [-0.15, -0.1) is 0 Å². The van der Waals surface area contributed by atoms with Crippen LogP contribution in [0.3, 0.4) is 0 Å². The van der Waals surface area contributed by atoms with Crippen molar-refractivity contribution in [2.45, 2.75) is 16.6 Å². The highest BCUT2D eigenvalue weighted by Gasteiger charge is 2.60. The summed E-state index contributed by atoms with van der Waals surface area (Å²) in [4.78, 5) is 9.13. The first-order valence-electron chi connectivity index (χ1n) is 4.93. The summed E-state index contributed by atoms with van der Waals surface area (Å²) in [6, 6.07) is 6.97. The standard InChI is InChI=1S/C10H10Cl2F3O3P/c1-19(16,17)18-8(7-5-3-2-4-6-7)9(11,12)10(13,14)15/h2-6,8H,1H3,(H,16,17)/t8-/m1/s1. The van der Waals surface area contributed by atoms with Crippen LogP contribution in [-0.4, -0.2) is 22.1 Å². The van der Waals surface area contributed by atoms with E-state index in [1.807, 2.05) is 0 Å². The first kappa shape index (κ1) is 16.8. The van der Waals surface area contributed by atoms with Gasteiger partial charge < -0.3 is 4.89 Å². The number of rotatable bonds is 4. The molecule has 0 radical (unpaired) electrons. The summed E-state index contributed by atoms with van der Waals surface area (Å²) in [6.07, 6.45) is -7.05. The van der Waals surface area contributed by atoms with Gasteiger partial charge in [0.2, 0.25) is 4.33 Å². The monoisotopic (exact) mass is 336 g/mol. The third kappa shape index (κ3) is 4.36. The molecule has 1 aromatic rings. The molecule has 0 fully saturated rings. The van der Waals surface area contributed by atoms with Gasteiger partial charge in [0.15, 0.2) is 0 Å². The minimum atomic E-state index is -5.04. The summed E-state index contributed by atoms with van der Waals surface area (Å²) in [5.74, 6) is 0. The number of hydrogen-bond acceptors (Lipinski definition) is 2. The first-order chi connectivity index (χ1) is 8.45. The van der Waals surface area contributed by atoms with Crippen LogP contribution in [0, 0.1) is 0 Å². The fourth-order valence-electron chi connectivity index (χ4n) is 1.31. The van der Waals surface area contributed by atoms with Crippen molar-refractivity contribution in [2.75, 3.05) is 6.66 Å². The molecule has 0 aliphatic rings. The highest BCUT2D eigenvalue weighted by Crippen LogP contribution is 2.55. The molecule has 1 rings (SSSR count). The molecule has 2 atom stereocenters. The molecule has 0 aromatic heterocycles. The van der Waals surface area contributed by atoms with Gasteiger partial charge >= 0.3 is 13.8 Å². The topological polar surface area (TPSA) is 46.5 Å². The van der Waals surface area contributed by atoms with Crippen LogP contribution < -0.4 is 0 Å². The second kappa shape index (κ2) is 5.62. The van der Waals surface area contributed by atoms with Crippen molar-refractivity contribution >= 4 is 30.8 Å². The average molecular weight is 337 g/mol. The Bertz CT molecular complexity index is 473. The maximum atomic E-state index is 12.8.